The summed E-state index contributed by atoms with van der Waals surface area (Å²) in [6.07, 6.45) is 1.84. The zero-order chi connectivity index (χ0) is 10.1. The Bertz CT molecular complexity index is 457. The van der Waals surface area contributed by atoms with Crippen molar-refractivity contribution >= 4 is 5.82 Å². The van der Waals surface area contributed by atoms with Crippen molar-refractivity contribution in [3.05, 3.63) is 41.9 Å². The van der Waals surface area contributed by atoms with E-state index in [4.69, 9.17) is 5.73 Å². The van der Waals surface area contributed by atoms with Crippen LogP contribution in [0.1, 0.15) is 11.4 Å². The predicted molar refractivity (Wildman–Crippen MR) is 57.5 cm³/mol. The van der Waals surface area contributed by atoms with Gasteiger partial charge in [0.25, 0.3) is 0 Å². The molecule has 0 aliphatic carbocycles. The van der Waals surface area contributed by atoms with E-state index in [0.29, 0.717) is 5.82 Å². The highest BCUT2D eigenvalue weighted by molar-refractivity contribution is 5.40. The van der Waals surface area contributed by atoms with Crippen LogP contribution in [0, 0.1) is 13.8 Å². The number of hydrogen-bond acceptors (Lipinski definition) is 2. The SMILES string of the molecule is Cc1cccc(-n2cc(N)nc2C)c1. The van der Waals surface area contributed by atoms with Gasteiger partial charge in [0, 0.05) is 5.69 Å². The summed E-state index contributed by atoms with van der Waals surface area (Å²) >= 11 is 0. The van der Waals surface area contributed by atoms with Crippen molar-refractivity contribution in [1.29, 1.82) is 0 Å². The van der Waals surface area contributed by atoms with Crippen LogP contribution < -0.4 is 5.73 Å². The maximum Gasteiger partial charge on any atom is 0.142 e. The van der Waals surface area contributed by atoms with Crippen LogP contribution in [0.25, 0.3) is 5.69 Å². The Labute approximate surface area is 83.2 Å². The van der Waals surface area contributed by atoms with Crippen LogP contribution in [0.15, 0.2) is 30.5 Å². The maximum absolute atomic E-state index is 5.62. The lowest BCUT2D eigenvalue weighted by Crippen LogP contribution is -1.95. The van der Waals surface area contributed by atoms with Gasteiger partial charge in [-0.05, 0) is 31.5 Å². The summed E-state index contributed by atoms with van der Waals surface area (Å²) < 4.78 is 1.99. The van der Waals surface area contributed by atoms with Crippen molar-refractivity contribution in [1.82, 2.24) is 9.55 Å². The molecule has 2 rings (SSSR count). The van der Waals surface area contributed by atoms with Crippen molar-refractivity contribution < 1.29 is 0 Å². The molecule has 0 aliphatic heterocycles. The van der Waals surface area contributed by atoms with E-state index in [2.05, 4.69) is 24.0 Å². The first-order valence-electron chi connectivity index (χ1n) is 4.55. The van der Waals surface area contributed by atoms with Crippen LogP contribution in [-0.4, -0.2) is 9.55 Å². The number of benzene rings is 1. The number of nitrogen functional groups attached to an aromatic ring is 1. The van der Waals surface area contributed by atoms with E-state index in [1.165, 1.54) is 5.56 Å². The molecule has 0 bridgehead atoms. The molecule has 72 valence electrons. The molecule has 0 atom stereocenters. The number of aryl methyl sites for hydroxylation is 2. The van der Waals surface area contributed by atoms with Gasteiger partial charge in [0.1, 0.15) is 11.6 Å². The summed E-state index contributed by atoms with van der Waals surface area (Å²) in [4.78, 5) is 4.16. The molecular weight excluding hydrogens is 174 g/mol. The van der Waals surface area contributed by atoms with Crippen molar-refractivity contribution in [2.24, 2.45) is 0 Å². The molecule has 2 aromatic rings. The minimum atomic E-state index is 0.559. The molecule has 0 fully saturated rings. The standard InChI is InChI=1S/C11H13N3/c1-8-4-3-5-10(6-8)14-7-11(12)13-9(14)2/h3-7H,12H2,1-2H3. The maximum atomic E-state index is 5.62. The minimum absolute atomic E-state index is 0.559. The van der Waals surface area contributed by atoms with Gasteiger partial charge in [-0.3, -0.25) is 0 Å². The normalized spacial score (nSPS) is 10.4. The largest absolute Gasteiger partial charge is 0.382 e. The van der Waals surface area contributed by atoms with Crippen molar-refractivity contribution in [2.75, 3.05) is 5.73 Å². The zero-order valence-corrected chi connectivity index (χ0v) is 8.36. The number of imidazole rings is 1. The topological polar surface area (TPSA) is 43.8 Å². The van der Waals surface area contributed by atoms with Gasteiger partial charge < -0.3 is 10.3 Å². The summed E-state index contributed by atoms with van der Waals surface area (Å²) in [7, 11) is 0. The Morgan fingerprint density at radius 1 is 1.29 bits per heavy atom. The van der Waals surface area contributed by atoms with Gasteiger partial charge in [-0.1, -0.05) is 12.1 Å². The molecule has 0 saturated heterocycles. The first-order chi connectivity index (χ1) is 6.66. The molecule has 3 heteroatoms. The highest BCUT2D eigenvalue weighted by atomic mass is 15.1. The second-order valence-electron chi connectivity index (χ2n) is 3.42. The summed E-state index contributed by atoms with van der Waals surface area (Å²) in [5.41, 5.74) is 7.96. The average Bonchev–Trinajstić information content (AvgIpc) is 2.45. The summed E-state index contributed by atoms with van der Waals surface area (Å²) in [5.74, 6) is 1.47. The van der Waals surface area contributed by atoms with Crippen LogP contribution in [0.4, 0.5) is 5.82 Å². The van der Waals surface area contributed by atoms with Gasteiger partial charge >= 0.3 is 0 Å². The molecule has 3 nitrogen and oxygen atoms in total. The highest BCUT2D eigenvalue weighted by Gasteiger charge is 2.02. The molecule has 14 heavy (non-hydrogen) atoms. The Morgan fingerprint density at radius 2 is 2.07 bits per heavy atom. The van der Waals surface area contributed by atoms with Crippen LogP contribution >= 0.6 is 0 Å². The van der Waals surface area contributed by atoms with Crippen molar-refractivity contribution in [2.45, 2.75) is 13.8 Å². The third-order valence-electron chi connectivity index (χ3n) is 2.18. The number of nitrogens with two attached hydrogens (primary N) is 1. The van der Waals surface area contributed by atoms with E-state index in [1.54, 1.807) is 0 Å². The molecule has 1 heterocycles. The second-order valence-corrected chi connectivity index (χ2v) is 3.42. The molecule has 2 N–H and O–H groups in total. The van der Waals surface area contributed by atoms with Gasteiger partial charge in [-0.2, -0.15) is 0 Å². The van der Waals surface area contributed by atoms with E-state index in [0.717, 1.165) is 11.5 Å². The second kappa shape index (κ2) is 3.18. The van der Waals surface area contributed by atoms with E-state index in [1.807, 2.05) is 29.8 Å². The lowest BCUT2D eigenvalue weighted by Gasteiger charge is -2.04. The Balaban J connectivity index is 2.54. The Hall–Kier alpha value is -1.77. The number of nitrogens with zero attached hydrogens (tertiary/aromatic N) is 2. The van der Waals surface area contributed by atoms with E-state index in [-0.39, 0.29) is 0 Å². The average molecular weight is 187 g/mol. The van der Waals surface area contributed by atoms with Crippen LogP contribution in [0.3, 0.4) is 0 Å². The van der Waals surface area contributed by atoms with Crippen LogP contribution in [0.5, 0.6) is 0 Å². The third-order valence-corrected chi connectivity index (χ3v) is 2.18. The molecular formula is C11H13N3. The van der Waals surface area contributed by atoms with Gasteiger partial charge in [-0.25, -0.2) is 4.98 Å². The highest BCUT2D eigenvalue weighted by Crippen LogP contribution is 2.14. The molecule has 1 aromatic heterocycles. The van der Waals surface area contributed by atoms with E-state index in [9.17, 15) is 0 Å². The van der Waals surface area contributed by atoms with E-state index >= 15 is 0 Å². The molecule has 1 aromatic carbocycles. The van der Waals surface area contributed by atoms with Gasteiger partial charge in [-0.15, -0.1) is 0 Å². The van der Waals surface area contributed by atoms with Crippen LogP contribution in [-0.2, 0) is 0 Å². The fourth-order valence-electron chi connectivity index (χ4n) is 1.53. The van der Waals surface area contributed by atoms with Crippen LogP contribution in [0.2, 0.25) is 0 Å². The zero-order valence-electron chi connectivity index (χ0n) is 8.36. The first-order valence-corrected chi connectivity index (χ1v) is 4.55. The monoisotopic (exact) mass is 187 g/mol. The van der Waals surface area contributed by atoms with Gasteiger partial charge in [0.2, 0.25) is 0 Å². The number of anilines is 1. The summed E-state index contributed by atoms with van der Waals surface area (Å²) in [5, 5.41) is 0. The molecule has 0 amide bonds. The number of hydrogen-bond donors (Lipinski definition) is 1. The van der Waals surface area contributed by atoms with E-state index < -0.39 is 0 Å². The van der Waals surface area contributed by atoms with Crippen molar-refractivity contribution in [3.8, 4) is 5.69 Å². The molecule has 0 unspecified atom stereocenters. The summed E-state index contributed by atoms with van der Waals surface area (Å²) in [6.45, 7) is 4.01. The number of rotatable bonds is 1. The molecule has 0 aliphatic rings. The summed E-state index contributed by atoms with van der Waals surface area (Å²) in [6, 6.07) is 8.24. The fourth-order valence-corrected chi connectivity index (χ4v) is 1.53. The third kappa shape index (κ3) is 1.48. The minimum Gasteiger partial charge on any atom is -0.382 e. The molecule has 0 radical (unpaired) electrons. The van der Waals surface area contributed by atoms with Gasteiger partial charge in [0.05, 0.1) is 6.20 Å². The first kappa shape index (κ1) is 8.81. The lowest BCUT2D eigenvalue weighted by molar-refractivity contribution is 0.973. The lowest BCUT2D eigenvalue weighted by atomic mass is 10.2. The van der Waals surface area contributed by atoms with Gasteiger partial charge in [0.15, 0.2) is 0 Å². The molecule has 0 saturated carbocycles. The smallest absolute Gasteiger partial charge is 0.142 e. The predicted octanol–water partition coefficient (Wildman–Crippen LogP) is 2.07. The van der Waals surface area contributed by atoms with Crippen molar-refractivity contribution in [3.63, 3.8) is 0 Å². The Kier molecular flexibility index (Phi) is 2.00. The fraction of sp³-hybridized carbons (Fsp3) is 0.182. The number of aromatic nitrogens is 2. The quantitative estimate of drug-likeness (QED) is 0.742. The Morgan fingerprint density at radius 3 is 2.64 bits per heavy atom. The molecule has 0 spiro atoms.